The predicted octanol–water partition coefficient (Wildman–Crippen LogP) is 1.48. The van der Waals surface area contributed by atoms with Crippen molar-refractivity contribution < 1.29 is 4.79 Å². The number of rotatable bonds is 2. The molecule has 3 aromatic rings. The van der Waals surface area contributed by atoms with Crippen LogP contribution < -0.4 is 11.1 Å². The van der Waals surface area contributed by atoms with Crippen molar-refractivity contribution in [2.24, 2.45) is 0 Å². The highest BCUT2D eigenvalue weighted by atomic mass is 35.5. The molecule has 2 heterocycles. The highest BCUT2D eigenvalue weighted by Gasteiger charge is 2.18. The molecule has 0 aliphatic rings. The zero-order chi connectivity index (χ0) is 15.7. The number of carbonyl (C=O) groups excluding carboxylic acids is 1. The van der Waals surface area contributed by atoms with Gasteiger partial charge in [-0.15, -0.1) is 10.2 Å². The van der Waals surface area contributed by atoms with Gasteiger partial charge in [-0.3, -0.25) is 4.79 Å². The van der Waals surface area contributed by atoms with Crippen LogP contribution in [0, 0.1) is 11.3 Å². The molecule has 0 fully saturated rings. The monoisotopic (exact) mass is 313 g/mol. The van der Waals surface area contributed by atoms with E-state index in [1.54, 1.807) is 24.3 Å². The van der Waals surface area contributed by atoms with Gasteiger partial charge < -0.3 is 11.1 Å². The van der Waals surface area contributed by atoms with E-state index in [4.69, 9.17) is 22.6 Å². The Labute approximate surface area is 129 Å². The molecule has 0 unspecified atom stereocenters. The Morgan fingerprint density at radius 3 is 2.73 bits per heavy atom. The highest BCUT2D eigenvalue weighted by molar-refractivity contribution is 6.30. The summed E-state index contributed by atoms with van der Waals surface area (Å²) in [5.74, 6) is -0.541. The number of nitriles is 1. The van der Waals surface area contributed by atoms with E-state index in [9.17, 15) is 4.79 Å². The van der Waals surface area contributed by atoms with Crippen LogP contribution >= 0.6 is 11.6 Å². The molecule has 9 heteroatoms. The number of carbonyl (C=O) groups is 1. The molecule has 0 atom stereocenters. The van der Waals surface area contributed by atoms with Crippen LogP contribution in [0.2, 0.25) is 5.02 Å². The average Bonchev–Trinajstić information content (AvgIpc) is 2.94. The average molecular weight is 314 g/mol. The lowest BCUT2D eigenvalue weighted by Crippen LogP contribution is -2.19. The van der Waals surface area contributed by atoms with Gasteiger partial charge in [0.2, 0.25) is 0 Å². The molecule has 3 rings (SSSR count). The third kappa shape index (κ3) is 2.30. The Bertz CT molecular complexity index is 911. The van der Waals surface area contributed by atoms with Gasteiger partial charge in [-0.1, -0.05) is 11.6 Å². The number of nitrogens with one attached hydrogen (secondary N) is 1. The van der Waals surface area contributed by atoms with E-state index in [2.05, 4.69) is 20.6 Å². The molecule has 0 saturated carbocycles. The number of aromatic nitrogens is 4. The lowest BCUT2D eigenvalue weighted by molar-refractivity contribution is 0.102. The predicted molar refractivity (Wildman–Crippen MR) is 79.3 cm³/mol. The summed E-state index contributed by atoms with van der Waals surface area (Å²) in [4.78, 5) is 12.2. The quantitative estimate of drug-likeness (QED) is 0.739. The maximum atomic E-state index is 12.2. The number of fused-ring (bicyclic) bond motifs is 1. The van der Waals surface area contributed by atoms with Gasteiger partial charge in [0, 0.05) is 10.7 Å². The van der Waals surface area contributed by atoms with Gasteiger partial charge in [0.1, 0.15) is 11.6 Å². The van der Waals surface area contributed by atoms with Crippen molar-refractivity contribution in [3.63, 3.8) is 0 Å². The van der Waals surface area contributed by atoms with Crippen LogP contribution in [0.1, 0.15) is 16.1 Å². The fourth-order valence-electron chi connectivity index (χ4n) is 1.83. The molecule has 0 aliphatic heterocycles. The molecule has 0 bridgehead atoms. The summed E-state index contributed by atoms with van der Waals surface area (Å²) in [6.45, 7) is 0. The minimum Gasteiger partial charge on any atom is -0.382 e. The number of anilines is 2. The second-order valence-electron chi connectivity index (χ2n) is 4.30. The van der Waals surface area contributed by atoms with Crippen LogP contribution in [-0.4, -0.2) is 25.7 Å². The molecular weight excluding hydrogens is 306 g/mol. The van der Waals surface area contributed by atoms with Crippen LogP contribution in [0.5, 0.6) is 0 Å². The van der Waals surface area contributed by atoms with Crippen molar-refractivity contribution >= 4 is 34.7 Å². The highest BCUT2D eigenvalue weighted by Crippen LogP contribution is 2.17. The molecule has 1 aromatic carbocycles. The first-order chi connectivity index (χ1) is 10.6. The molecule has 0 radical (unpaired) electrons. The van der Waals surface area contributed by atoms with Crippen molar-refractivity contribution in [3.05, 3.63) is 46.7 Å². The summed E-state index contributed by atoms with van der Waals surface area (Å²) >= 11 is 5.78. The van der Waals surface area contributed by atoms with Gasteiger partial charge in [-0.2, -0.15) is 14.9 Å². The molecule has 8 nitrogen and oxygen atoms in total. The zero-order valence-corrected chi connectivity index (χ0v) is 11.7. The summed E-state index contributed by atoms with van der Waals surface area (Å²) in [6, 6.07) is 8.48. The minimum absolute atomic E-state index is 0.00189. The number of nitrogens with zero attached hydrogens (tertiary/aromatic N) is 5. The Morgan fingerprint density at radius 1 is 1.32 bits per heavy atom. The molecular formula is C13H8ClN7O. The van der Waals surface area contributed by atoms with E-state index in [-0.39, 0.29) is 22.7 Å². The summed E-state index contributed by atoms with van der Waals surface area (Å²) in [7, 11) is 0. The number of nitrogens with two attached hydrogens (primary N) is 1. The van der Waals surface area contributed by atoms with Gasteiger partial charge >= 0.3 is 0 Å². The molecule has 1 amide bonds. The Hall–Kier alpha value is -3.18. The number of benzene rings is 1. The van der Waals surface area contributed by atoms with Crippen molar-refractivity contribution in [1.29, 1.82) is 5.26 Å². The Balaban J connectivity index is 1.96. The lowest BCUT2D eigenvalue weighted by Gasteiger charge is -2.07. The smallest absolute Gasteiger partial charge is 0.280 e. The second kappa shape index (κ2) is 5.31. The molecule has 0 aliphatic carbocycles. The van der Waals surface area contributed by atoms with Crippen molar-refractivity contribution in [2.75, 3.05) is 11.1 Å². The third-order valence-corrected chi connectivity index (χ3v) is 3.15. The maximum absolute atomic E-state index is 12.2. The minimum atomic E-state index is -0.539. The SMILES string of the molecule is N#Cc1cnn2c(N)c(C(=O)Nc3ccc(Cl)cc3)nnc12. The summed E-state index contributed by atoms with van der Waals surface area (Å²) in [6.07, 6.45) is 1.31. The third-order valence-electron chi connectivity index (χ3n) is 2.90. The first-order valence-electron chi connectivity index (χ1n) is 6.07. The Morgan fingerprint density at radius 2 is 2.05 bits per heavy atom. The van der Waals surface area contributed by atoms with Gasteiger partial charge in [-0.05, 0) is 24.3 Å². The molecule has 3 N–H and O–H groups in total. The van der Waals surface area contributed by atoms with Gasteiger partial charge in [0.25, 0.3) is 5.91 Å². The van der Waals surface area contributed by atoms with Crippen molar-refractivity contribution in [2.45, 2.75) is 0 Å². The van der Waals surface area contributed by atoms with Crippen LogP contribution in [0.25, 0.3) is 5.65 Å². The van der Waals surface area contributed by atoms with E-state index in [1.165, 1.54) is 10.7 Å². The van der Waals surface area contributed by atoms with Crippen molar-refractivity contribution in [1.82, 2.24) is 19.8 Å². The number of amides is 1. The molecule has 2 aromatic heterocycles. The summed E-state index contributed by atoms with van der Waals surface area (Å²) < 4.78 is 1.20. The molecule has 108 valence electrons. The number of nitrogen functional groups attached to an aromatic ring is 1. The fraction of sp³-hybridized carbons (Fsp3) is 0. The van der Waals surface area contributed by atoms with E-state index in [0.717, 1.165) is 0 Å². The normalized spacial score (nSPS) is 10.4. The van der Waals surface area contributed by atoms with Crippen molar-refractivity contribution in [3.8, 4) is 6.07 Å². The van der Waals surface area contributed by atoms with Crippen LogP contribution in [0.3, 0.4) is 0 Å². The maximum Gasteiger partial charge on any atom is 0.280 e. The largest absolute Gasteiger partial charge is 0.382 e. The number of hydrogen-bond acceptors (Lipinski definition) is 6. The van der Waals surface area contributed by atoms with Gasteiger partial charge in [0.15, 0.2) is 17.2 Å². The number of hydrogen-bond donors (Lipinski definition) is 2. The molecule has 22 heavy (non-hydrogen) atoms. The zero-order valence-electron chi connectivity index (χ0n) is 11.0. The number of halogens is 1. The van der Waals surface area contributed by atoms with Gasteiger partial charge in [0.05, 0.1) is 6.20 Å². The first kappa shape index (κ1) is 13.8. The van der Waals surface area contributed by atoms with E-state index >= 15 is 0 Å². The van der Waals surface area contributed by atoms with E-state index in [1.807, 2.05) is 6.07 Å². The standard InChI is InChI=1S/C13H8ClN7O/c14-8-1-3-9(4-2-8)18-13(22)10-11(16)21-12(20-19-10)7(5-15)6-17-21/h1-4,6H,16H2,(H,18,22). The lowest BCUT2D eigenvalue weighted by atomic mass is 10.3. The van der Waals surface area contributed by atoms with E-state index in [0.29, 0.717) is 10.7 Å². The summed E-state index contributed by atoms with van der Waals surface area (Å²) in [5, 5.41) is 23.6. The van der Waals surface area contributed by atoms with Crippen LogP contribution in [0.15, 0.2) is 30.5 Å². The Kier molecular flexibility index (Phi) is 3.33. The molecule has 0 spiro atoms. The van der Waals surface area contributed by atoms with Crippen LogP contribution in [-0.2, 0) is 0 Å². The second-order valence-corrected chi connectivity index (χ2v) is 4.74. The summed E-state index contributed by atoms with van der Waals surface area (Å²) in [5.41, 5.74) is 6.74. The molecule has 0 saturated heterocycles. The topological polar surface area (TPSA) is 122 Å². The van der Waals surface area contributed by atoms with E-state index < -0.39 is 5.91 Å². The first-order valence-corrected chi connectivity index (χ1v) is 6.45. The fourth-order valence-corrected chi connectivity index (χ4v) is 1.95. The van der Waals surface area contributed by atoms with Crippen LogP contribution in [0.4, 0.5) is 11.5 Å². The van der Waals surface area contributed by atoms with Gasteiger partial charge in [-0.25, -0.2) is 0 Å².